The van der Waals surface area contributed by atoms with Crippen LogP contribution in [0.3, 0.4) is 0 Å². The topological polar surface area (TPSA) is 12.5 Å². The Hall–Kier alpha value is 0.400. The molecular formula is C8H16BrNO. The van der Waals surface area contributed by atoms with Crippen molar-refractivity contribution in [2.75, 3.05) is 31.6 Å². The van der Waals surface area contributed by atoms with Crippen LogP contribution in [0.25, 0.3) is 0 Å². The maximum Gasteiger partial charge on any atom is 0.0622 e. The highest BCUT2D eigenvalue weighted by atomic mass is 79.9. The fourth-order valence-corrected chi connectivity index (χ4v) is 1.92. The van der Waals surface area contributed by atoms with Gasteiger partial charge in [-0.15, -0.1) is 0 Å². The summed E-state index contributed by atoms with van der Waals surface area (Å²) in [6.07, 6.45) is 1.20. The first kappa shape index (κ1) is 9.49. The van der Waals surface area contributed by atoms with E-state index in [4.69, 9.17) is 4.74 Å². The van der Waals surface area contributed by atoms with Crippen molar-refractivity contribution in [1.29, 1.82) is 0 Å². The largest absolute Gasteiger partial charge is 0.378 e. The van der Waals surface area contributed by atoms with Gasteiger partial charge in [0.2, 0.25) is 0 Å². The predicted molar refractivity (Wildman–Crippen MR) is 50.3 cm³/mol. The van der Waals surface area contributed by atoms with Crippen molar-refractivity contribution in [2.45, 2.75) is 19.4 Å². The molecule has 2 nitrogen and oxygen atoms in total. The molecule has 0 aromatic rings. The standard InChI is InChI=1S/C8H16BrNO/c1-2-8-7-11-6-5-10(8)4-3-9/h8H,2-7H2,1H3. The van der Waals surface area contributed by atoms with Crippen molar-refractivity contribution in [1.82, 2.24) is 4.90 Å². The van der Waals surface area contributed by atoms with Crippen molar-refractivity contribution in [3.05, 3.63) is 0 Å². The van der Waals surface area contributed by atoms with Gasteiger partial charge >= 0.3 is 0 Å². The first-order chi connectivity index (χ1) is 5.38. The molecule has 0 N–H and O–H groups in total. The number of hydrogen-bond acceptors (Lipinski definition) is 2. The van der Waals surface area contributed by atoms with Gasteiger partial charge in [-0.3, -0.25) is 4.90 Å². The molecule has 1 aliphatic rings. The Bertz CT molecular complexity index is 108. The van der Waals surface area contributed by atoms with Crippen molar-refractivity contribution in [2.24, 2.45) is 0 Å². The van der Waals surface area contributed by atoms with E-state index in [-0.39, 0.29) is 0 Å². The number of rotatable bonds is 3. The van der Waals surface area contributed by atoms with Crippen LogP contribution in [0, 0.1) is 0 Å². The highest BCUT2D eigenvalue weighted by molar-refractivity contribution is 9.09. The maximum atomic E-state index is 5.39. The summed E-state index contributed by atoms with van der Waals surface area (Å²) in [6, 6.07) is 0.654. The molecule has 0 aromatic carbocycles. The summed E-state index contributed by atoms with van der Waals surface area (Å²) >= 11 is 3.46. The number of halogens is 1. The van der Waals surface area contributed by atoms with Crippen molar-refractivity contribution in [3.63, 3.8) is 0 Å². The number of nitrogens with zero attached hydrogens (tertiary/aromatic N) is 1. The zero-order valence-corrected chi connectivity index (χ0v) is 8.64. The summed E-state index contributed by atoms with van der Waals surface area (Å²) in [6.45, 7) is 6.31. The predicted octanol–water partition coefficient (Wildman–Crippen LogP) is 1.49. The van der Waals surface area contributed by atoms with Crippen molar-refractivity contribution >= 4 is 15.9 Å². The molecule has 0 radical (unpaired) electrons. The van der Waals surface area contributed by atoms with Gasteiger partial charge in [-0.25, -0.2) is 0 Å². The molecular weight excluding hydrogens is 206 g/mol. The lowest BCUT2D eigenvalue weighted by atomic mass is 10.2. The van der Waals surface area contributed by atoms with Crippen LogP contribution in [0.1, 0.15) is 13.3 Å². The molecule has 1 fully saturated rings. The number of alkyl halides is 1. The molecule has 1 saturated heterocycles. The fourth-order valence-electron chi connectivity index (χ4n) is 1.47. The summed E-state index contributed by atoms with van der Waals surface area (Å²) < 4.78 is 5.39. The summed E-state index contributed by atoms with van der Waals surface area (Å²) in [7, 11) is 0. The van der Waals surface area contributed by atoms with E-state index in [0.717, 1.165) is 31.6 Å². The van der Waals surface area contributed by atoms with Gasteiger partial charge in [0.05, 0.1) is 13.2 Å². The molecule has 0 bridgehead atoms. The van der Waals surface area contributed by atoms with Gasteiger partial charge in [0.15, 0.2) is 0 Å². The first-order valence-electron chi connectivity index (χ1n) is 4.26. The number of morpholine rings is 1. The van der Waals surface area contributed by atoms with Crippen LogP contribution in [0.4, 0.5) is 0 Å². The summed E-state index contributed by atoms with van der Waals surface area (Å²) in [5.74, 6) is 0. The minimum atomic E-state index is 0.654. The third-order valence-corrected chi connectivity index (χ3v) is 2.55. The lowest BCUT2D eigenvalue weighted by Crippen LogP contribution is -2.45. The summed E-state index contributed by atoms with van der Waals surface area (Å²) in [4.78, 5) is 2.50. The Balaban J connectivity index is 2.31. The molecule has 1 atom stereocenters. The van der Waals surface area contributed by atoms with E-state index in [1.807, 2.05) is 0 Å². The second-order valence-electron chi connectivity index (χ2n) is 2.86. The molecule has 1 rings (SSSR count). The minimum absolute atomic E-state index is 0.654. The molecule has 1 heterocycles. The minimum Gasteiger partial charge on any atom is -0.378 e. The van der Waals surface area contributed by atoms with E-state index >= 15 is 0 Å². The van der Waals surface area contributed by atoms with Crippen LogP contribution in [-0.2, 0) is 4.74 Å². The van der Waals surface area contributed by atoms with Gasteiger partial charge in [0, 0.05) is 24.5 Å². The van der Waals surface area contributed by atoms with Gasteiger partial charge < -0.3 is 4.74 Å². The van der Waals surface area contributed by atoms with Gasteiger partial charge in [-0.05, 0) is 6.42 Å². The molecule has 3 heteroatoms. The normalized spacial score (nSPS) is 27.3. The Kier molecular flexibility index (Phi) is 4.41. The second kappa shape index (κ2) is 5.12. The van der Waals surface area contributed by atoms with Gasteiger partial charge in [-0.2, -0.15) is 0 Å². The fraction of sp³-hybridized carbons (Fsp3) is 1.00. The first-order valence-corrected chi connectivity index (χ1v) is 5.38. The Morgan fingerprint density at radius 1 is 1.64 bits per heavy atom. The lowest BCUT2D eigenvalue weighted by Gasteiger charge is -2.34. The summed E-state index contributed by atoms with van der Waals surface area (Å²) in [5.41, 5.74) is 0. The van der Waals surface area contributed by atoms with Crippen LogP contribution >= 0.6 is 15.9 Å². The van der Waals surface area contributed by atoms with Crippen LogP contribution in [0.5, 0.6) is 0 Å². The average molecular weight is 222 g/mol. The average Bonchev–Trinajstić information content (AvgIpc) is 2.06. The quantitative estimate of drug-likeness (QED) is 0.671. The Morgan fingerprint density at radius 3 is 3.09 bits per heavy atom. The van der Waals surface area contributed by atoms with E-state index in [1.165, 1.54) is 6.42 Å². The highest BCUT2D eigenvalue weighted by Gasteiger charge is 2.19. The molecule has 1 unspecified atom stereocenters. The number of hydrogen-bond donors (Lipinski definition) is 0. The van der Waals surface area contributed by atoms with E-state index in [9.17, 15) is 0 Å². The third-order valence-electron chi connectivity index (χ3n) is 2.19. The van der Waals surface area contributed by atoms with E-state index in [2.05, 4.69) is 27.8 Å². The monoisotopic (exact) mass is 221 g/mol. The second-order valence-corrected chi connectivity index (χ2v) is 3.65. The van der Waals surface area contributed by atoms with Crippen molar-refractivity contribution in [3.8, 4) is 0 Å². The van der Waals surface area contributed by atoms with Gasteiger partial charge in [0.25, 0.3) is 0 Å². The zero-order chi connectivity index (χ0) is 8.10. The molecule has 0 aromatic heterocycles. The van der Waals surface area contributed by atoms with E-state index in [1.54, 1.807) is 0 Å². The SMILES string of the molecule is CCC1COCCN1CCBr. The van der Waals surface area contributed by atoms with Crippen LogP contribution in [-0.4, -0.2) is 42.6 Å². The summed E-state index contributed by atoms with van der Waals surface area (Å²) in [5, 5.41) is 1.07. The maximum absolute atomic E-state index is 5.39. The van der Waals surface area contributed by atoms with Gasteiger partial charge in [0.1, 0.15) is 0 Å². The Morgan fingerprint density at radius 2 is 2.45 bits per heavy atom. The number of ether oxygens (including phenoxy) is 1. The van der Waals surface area contributed by atoms with Crippen LogP contribution in [0.2, 0.25) is 0 Å². The molecule has 0 aliphatic carbocycles. The van der Waals surface area contributed by atoms with Gasteiger partial charge in [-0.1, -0.05) is 22.9 Å². The van der Waals surface area contributed by atoms with E-state index in [0.29, 0.717) is 6.04 Å². The third kappa shape index (κ3) is 2.73. The van der Waals surface area contributed by atoms with Crippen molar-refractivity contribution < 1.29 is 4.74 Å². The highest BCUT2D eigenvalue weighted by Crippen LogP contribution is 2.09. The molecule has 11 heavy (non-hydrogen) atoms. The van der Waals surface area contributed by atoms with E-state index < -0.39 is 0 Å². The van der Waals surface area contributed by atoms with Crippen LogP contribution < -0.4 is 0 Å². The molecule has 0 spiro atoms. The van der Waals surface area contributed by atoms with Crippen LogP contribution in [0.15, 0.2) is 0 Å². The molecule has 1 aliphatic heterocycles. The molecule has 0 saturated carbocycles. The molecule has 0 amide bonds. The zero-order valence-electron chi connectivity index (χ0n) is 7.05. The lowest BCUT2D eigenvalue weighted by molar-refractivity contribution is -0.00519. The smallest absolute Gasteiger partial charge is 0.0622 e. The molecule has 66 valence electrons. The Labute approximate surface area is 77.0 Å².